The molecule has 1 saturated carbocycles. The fourth-order valence-corrected chi connectivity index (χ4v) is 2.75. The van der Waals surface area contributed by atoms with Gasteiger partial charge in [-0.25, -0.2) is 4.98 Å². The van der Waals surface area contributed by atoms with Gasteiger partial charge in [0, 0.05) is 30.4 Å². The predicted octanol–water partition coefficient (Wildman–Crippen LogP) is 2.90. The van der Waals surface area contributed by atoms with Crippen LogP contribution in [-0.2, 0) is 6.42 Å². The van der Waals surface area contributed by atoms with E-state index in [9.17, 15) is 4.79 Å². The molecule has 1 aromatic heterocycles. The number of amides is 1. The SMILES string of the molecule is CCCc1cc(C(=O)NCCN(CC)C2CC2)cc(Cl)n1. The average molecular weight is 310 g/mol. The monoisotopic (exact) mass is 309 g/mol. The number of aromatic nitrogens is 1. The lowest BCUT2D eigenvalue weighted by Crippen LogP contribution is -2.36. The van der Waals surface area contributed by atoms with E-state index in [-0.39, 0.29) is 5.91 Å². The number of pyridine rings is 1. The van der Waals surface area contributed by atoms with Crippen molar-refractivity contribution in [1.29, 1.82) is 0 Å². The van der Waals surface area contributed by atoms with Gasteiger partial charge in [0.05, 0.1) is 0 Å². The van der Waals surface area contributed by atoms with E-state index in [4.69, 9.17) is 11.6 Å². The highest BCUT2D eigenvalue weighted by Crippen LogP contribution is 2.25. The summed E-state index contributed by atoms with van der Waals surface area (Å²) in [7, 11) is 0. The lowest BCUT2D eigenvalue weighted by atomic mass is 10.1. The number of hydrogen-bond acceptors (Lipinski definition) is 3. The van der Waals surface area contributed by atoms with Crippen LogP contribution in [0.4, 0.5) is 0 Å². The minimum absolute atomic E-state index is 0.0662. The minimum Gasteiger partial charge on any atom is -0.351 e. The van der Waals surface area contributed by atoms with Gasteiger partial charge in [0.25, 0.3) is 5.91 Å². The second-order valence-corrected chi connectivity index (χ2v) is 5.92. The Bertz CT molecular complexity index is 488. The highest BCUT2D eigenvalue weighted by Gasteiger charge is 2.27. The molecule has 1 aliphatic rings. The Hall–Kier alpha value is -1.13. The van der Waals surface area contributed by atoms with E-state index >= 15 is 0 Å². The summed E-state index contributed by atoms with van der Waals surface area (Å²) in [6.45, 7) is 6.88. The van der Waals surface area contributed by atoms with Crippen molar-refractivity contribution in [3.8, 4) is 0 Å². The molecule has 5 heteroatoms. The van der Waals surface area contributed by atoms with E-state index in [0.717, 1.165) is 37.7 Å². The lowest BCUT2D eigenvalue weighted by molar-refractivity contribution is 0.0947. The zero-order valence-electron chi connectivity index (χ0n) is 12.9. The second kappa shape index (κ2) is 7.76. The molecule has 0 aromatic carbocycles. The number of carbonyl (C=O) groups excluding carboxylic acids is 1. The van der Waals surface area contributed by atoms with Crippen LogP contribution in [0.15, 0.2) is 12.1 Å². The molecule has 116 valence electrons. The van der Waals surface area contributed by atoms with Crippen molar-refractivity contribution >= 4 is 17.5 Å². The molecule has 1 aliphatic carbocycles. The Labute approximate surface area is 131 Å². The number of rotatable bonds is 8. The van der Waals surface area contributed by atoms with Gasteiger partial charge in [-0.2, -0.15) is 0 Å². The molecule has 0 unspecified atom stereocenters. The molecule has 0 aliphatic heterocycles. The summed E-state index contributed by atoms with van der Waals surface area (Å²) in [5.41, 5.74) is 1.48. The molecule has 21 heavy (non-hydrogen) atoms. The summed E-state index contributed by atoms with van der Waals surface area (Å²) >= 11 is 5.99. The Morgan fingerprint density at radius 2 is 2.19 bits per heavy atom. The fraction of sp³-hybridized carbons (Fsp3) is 0.625. The van der Waals surface area contributed by atoms with Crippen molar-refractivity contribution in [2.75, 3.05) is 19.6 Å². The third-order valence-electron chi connectivity index (χ3n) is 3.77. The van der Waals surface area contributed by atoms with E-state index in [1.54, 1.807) is 6.07 Å². The zero-order valence-corrected chi connectivity index (χ0v) is 13.6. The number of carbonyl (C=O) groups is 1. The molecule has 0 saturated heterocycles. The van der Waals surface area contributed by atoms with Crippen LogP contribution in [-0.4, -0.2) is 41.5 Å². The number of likely N-dealkylation sites (N-methyl/N-ethyl adjacent to an activating group) is 1. The van der Waals surface area contributed by atoms with Crippen molar-refractivity contribution in [3.05, 3.63) is 28.5 Å². The average Bonchev–Trinajstić information content (AvgIpc) is 3.27. The number of aryl methyl sites for hydroxylation is 1. The van der Waals surface area contributed by atoms with Crippen LogP contribution in [0.2, 0.25) is 5.15 Å². The van der Waals surface area contributed by atoms with Crippen molar-refractivity contribution in [1.82, 2.24) is 15.2 Å². The second-order valence-electron chi connectivity index (χ2n) is 5.54. The van der Waals surface area contributed by atoms with Gasteiger partial charge in [0.15, 0.2) is 0 Å². The molecule has 0 radical (unpaired) electrons. The summed E-state index contributed by atoms with van der Waals surface area (Å²) in [5.74, 6) is -0.0662. The molecule has 1 aromatic rings. The first-order chi connectivity index (χ1) is 10.1. The van der Waals surface area contributed by atoms with Crippen molar-refractivity contribution in [3.63, 3.8) is 0 Å². The molecule has 2 rings (SSSR count). The molecule has 0 spiro atoms. The highest BCUT2D eigenvalue weighted by molar-refractivity contribution is 6.29. The van der Waals surface area contributed by atoms with E-state index in [2.05, 4.69) is 29.0 Å². The Morgan fingerprint density at radius 1 is 1.43 bits per heavy atom. The van der Waals surface area contributed by atoms with Crippen LogP contribution in [0.1, 0.15) is 49.2 Å². The fourth-order valence-electron chi connectivity index (χ4n) is 2.52. The highest BCUT2D eigenvalue weighted by atomic mass is 35.5. The van der Waals surface area contributed by atoms with Crippen molar-refractivity contribution in [2.24, 2.45) is 0 Å². The van der Waals surface area contributed by atoms with Crippen LogP contribution in [0.5, 0.6) is 0 Å². The van der Waals surface area contributed by atoms with Crippen LogP contribution >= 0.6 is 11.6 Å². The van der Waals surface area contributed by atoms with Crippen LogP contribution < -0.4 is 5.32 Å². The number of nitrogens with zero attached hydrogens (tertiary/aromatic N) is 2. The Kier molecular flexibility index (Phi) is 6.00. The predicted molar refractivity (Wildman–Crippen MR) is 85.8 cm³/mol. The largest absolute Gasteiger partial charge is 0.351 e. The smallest absolute Gasteiger partial charge is 0.251 e. The molecule has 0 atom stereocenters. The summed E-state index contributed by atoms with van der Waals surface area (Å²) < 4.78 is 0. The minimum atomic E-state index is -0.0662. The number of halogens is 1. The first-order valence-electron chi connectivity index (χ1n) is 7.82. The quantitative estimate of drug-likeness (QED) is 0.751. The van der Waals surface area contributed by atoms with Gasteiger partial charge in [-0.15, -0.1) is 0 Å². The van der Waals surface area contributed by atoms with E-state index in [1.807, 2.05) is 6.07 Å². The Morgan fingerprint density at radius 3 is 2.81 bits per heavy atom. The van der Waals surface area contributed by atoms with Gasteiger partial charge in [-0.05, 0) is 37.9 Å². The van der Waals surface area contributed by atoms with Crippen LogP contribution in [0.25, 0.3) is 0 Å². The standard InChI is InChI=1S/C16H24ClN3O/c1-3-5-13-10-12(11-15(17)19-13)16(21)18-8-9-20(4-2)14-6-7-14/h10-11,14H,3-9H2,1-2H3,(H,18,21). The number of hydrogen-bond donors (Lipinski definition) is 1. The maximum absolute atomic E-state index is 12.2. The van der Waals surface area contributed by atoms with Gasteiger partial charge >= 0.3 is 0 Å². The Balaban J connectivity index is 1.87. The number of nitrogens with one attached hydrogen (secondary N) is 1. The molecule has 1 amide bonds. The molecular formula is C16H24ClN3O. The molecule has 1 heterocycles. The first kappa shape index (κ1) is 16.2. The third kappa shape index (κ3) is 4.97. The van der Waals surface area contributed by atoms with Crippen LogP contribution in [0, 0.1) is 0 Å². The molecule has 4 nitrogen and oxygen atoms in total. The van der Waals surface area contributed by atoms with Crippen LogP contribution in [0.3, 0.4) is 0 Å². The van der Waals surface area contributed by atoms with Crippen molar-refractivity contribution in [2.45, 2.75) is 45.6 Å². The topological polar surface area (TPSA) is 45.2 Å². The lowest BCUT2D eigenvalue weighted by Gasteiger charge is -2.19. The summed E-state index contributed by atoms with van der Waals surface area (Å²) in [5, 5.41) is 3.36. The van der Waals surface area contributed by atoms with Gasteiger partial charge in [-0.3, -0.25) is 9.69 Å². The maximum atomic E-state index is 12.2. The van der Waals surface area contributed by atoms with Gasteiger partial charge < -0.3 is 5.32 Å². The van der Waals surface area contributed by atoms with Crippen molar-refractivity contribution < 1.29 is 4.79 Å². The van der Waals surface area contributed by atoms with Gasteiger partial charge in [-0.1, -0.05) is 31.9 Å². The first-order valence-corrected chi connectivity index (χ1v) is 8.20. The summed E-state index contributed by atoms with van der Waals surface area (Å²) in [6, 6.07) is 4.20. The molecule has 0 bridgehead atoms. The van der Waals surface area contributed by atoms with Gasteiger partial charge in [0.2, 0.25) is 0 Å². The van der Waals surface area contributed by atoms with E-state index in [0.29, 0.717) is 17.3 Å². The molecule has 1 fully saturated rings. The third-order valence-corrected chi connectivity index (χ3v) is 3.96. The molecule has 1 N–H and O–H groups in total. The van der Waals surface area contributed by atoms with E-state index in [1.165, 1.54) is 12.8 Å². The molecular weight excluding hydrogens is 286 g/mol. The normalized spacial score (nSPS) is 14.5. The summed E-state index contributed by atoms with van der Waals surface area (Å²) in [4.78, 5) is 18.8. The zero-order chi connectivity index (χ0) is 15.2. The van der Waals surface area contributed by atoms with E-state index < -0.39 is 0 Å². The maximum Gasteiger partial charge on any atom is 0.251 e. The van der Waals surface area contributed by atoms with Gasteiger partial charge in [0.1, 0.15) is 5.15 Å². The summed E-state index contributed by atoms with van der Waals surface area (Å²) in [6.07, 6.45) is 4.41.